The lowest BCUT2D eigenvalue weighted by molar-refractivity contribution is 0.291. The van der Waals surface area contributed by atoms with E-state index in [4.69, 9.17) is 16.7 Å². The Labute approximate surface area is 107 Å². The summed E-state index contributed by atoms with van der Waals surface area (Å²) in [7, 11) is 1.95. The lowest BCUT2D eigenvalue weighted by Gasteiger charge is -2.22. The minimum absolute atomic E-state index is 0.0964. The van der Waals surface area contributed by atoms with Crippen molar-refractivity contribution in [3.8, 4) is 0 Å². The molecule has 1 heterocycles. The van der Waals surface area contributed by atoms with Gasteiger partial charge in [0.2, 0.25) is 0 Å². The molecule has 6 heteroatoms. The molecule has 0 aliphatic heterocycles. The molecule has 0 aromatic carbocycles. The van der Waals surface area contributed by atoms with Crippen LogP contribution in [0, 0.1) is 0 Å². The van der Waals surface area contributed by atoms with Crippen molar-refractivity contribution in [3.05, 3.63) is 17.0 Å². The van der Waals surface area contributed by atoms with Gasteiger partial charge in [0, 0.05) is 26.2 Å². The van der Waals surface area contributed by atoms with Crippen molar-refractivity contribution in [1.29, 1.82) is 0 Å². The summed E-state index contributed by atoms with van der Waals surface area (Å²) in [5.74, 6) is 0.760. The topological polar surface area (TPSA) is 61.3 Å². The molecule has 0 saturated carbocycles. The number of anilines is 1. The van der Waals surface area contributed by atoms with E-state index in [2.05, 4.69) is 29.1 Å². The number of nitrogens with one attached hydrogen (secondary N) is 1. The van der Waals surface area contributed by atoms with Crippen molar-refractivity contribution >= 4 is 17.4 Å². The highest BCUT2D eigenvalue weighted by atomic mass is 35.5. The smallest absolute Gasteiger partial charge is 0.154 e. The minimum atomic E-state index is 0.0964. The van der Waals surface area contributed by atoms with E-state index < -0.39 is 0 Å². The molecule has 0 spiro atoms. The van der Waals surface area contributed by atoms with Gasteiger partial charge in [0.05, 0.1) is 18.5 Å². The molecule has 2 N–H and O–H groups in total. The number of hydrogen-bond donors (Lipinski definition) is 2. The molecule has 0 saturated heterocycles. The van der Waals surface area contributed by atoms with Crippen molar-refractivity contribution in [2.75, 3.05) is 25.1 Å². The number of hydrogen-bond acceptors (Lipinski definition) is 5. The van der Waals surface area contributed by atoms with Gasteiger partial charge in [0.1, 0.15) is 5.82 Å². The van der Waals surface area contributed by atoms with Gasteiger partial charge in [0.15, 0.2) is 5.15 Å². The maximum absolute atomic E-state index is 8.65. The van der Waals surface area contributed by atoms with Gasteiger partial charge in [0.25, 0.3) is 0 Å². The number of nitrogens with zero attached hydrogens (tertiary/aromatic N) is 3. The van der Waals surface area contributed by atoms with Crippen LogP contribution in [0.15, 0.2) is 6.20 Å². The van der Waals surface area contributed by atoms with Crippen LogP contribution in [-0.4, -0.2) is 41.3 Å². The molecular formula is C11H19ClN4O. The number of rotatable bonds is 6. The predicted molar refractivity (Wildman–Crippen MR) is 69.4 cm³/mol. The second kappa shape index (κ2) is 6.74. The van der Waals surface area contributed by atoms with Gasteiger partial charge in [-0.05, 0) is 13.8 Å². The molecule has 1 aromatic heterocycles. The second-order valence-electron chi connectivity index (χ2n) is 4.07. The summed E-state index contributed by atoms with van der Waals surface area (Å²) in [5, 5.41) is 12.1. The summed E-state index contributed by atoms with van der Waals surface area (Å²) < 4.78 is 0. The highest BCUT2D eigenvalue weighted by Gasteiger charge is 2.10. The molecule has 0 atom stereocenters. The van der Waals surface area contributed by atoms with Crippen molar-refractivity contribution < 1.29 is 5.11 Å². The molecule has 0 unspecified atom stereocenters. The number of halogens is 1. The van der Waals surface area contributed by atoms with Crippen molar-refractivity contribution in [1.82, 2.24) is 15.3 Å². The first-order valence-corrected chi connectivity index (χ1v) is 6.00. The van der Waals surface area contributed by atoms with E-state index in [9.17, 15) is 0 Å². The third-order valence-corrected chi connectivity index (χ3v) is 2.81. The maximum Gasteiger partial charge on any atom is 0.154 e. The van der Waals surface area contributed by atoms with Gasteiger partial charge in [-0.2, -0.15) is 0 Å². The normalized spacial score (nSPS) is 10.9. The van der Waals surface area contributed by atoms with Gasteiger partial charge < -0.3 is 15.3 Å². The molecular weight excluding hydrogens is 240 g/mol. The van der Waals surface area contributed by atoms with Crippen LogP contribution in [-0.2, 0) is 6.54 Å². The Hall–Kier alpha value is -0.910. The van der Waals surface area contributed by atoms with Crippen LogP contribution < -0.4 is 10.2 Å². The van der Waals surface area contributed by atoms with E-state index in [-0.39, 0.29) is 6.61 Å². The number of aliphatic hydroxyl groups excluding tert-OH is 1. The fourth-order valence-corrected chi connectivity index (χ4v) is 1.42. The molecule has 1 aromatic rings. The fourth-order valence-electron chi connectivity index (χ4n) is 1.22. The van der Waals surface area contributed by atoms with E-state index in [0.29, 0.717) is 30.0 Å². The average Bonchev–Trinajstić information content (AvgIpc) is 2.30. The van der Waals surface area contributed by atoms with Crippen LogP contribution in [0.1, 0.15) is 19.5 Å². The summed E-state index contributed by atoms with van der Waals surface area (Å²) in [6, 6.07) is 0.346. The first kappa shape index (κ1) is 14.2. The van der Waals surface area contributed by atoms with Crippen LogP contribution in [0.2, 0.25) is 5.15 Å². The quantitative estimate of drug-likeness (QED) is 0.747. The number of aliphatic hydroxyl groups is 1. The van der Waals surface area contributed by atoms with Crippen LogP contribution in [0.4, 0.5) is 5.82 Å². The molecule has 96 valence electrons. The lowest BCUT2D eigenvalue weighted by atomic mass is 10.3. The van der Waals surface area contributed by atoms with Crippen molar-refractivity contribution in [2.45, 2.75) is 26.4 Å². The molecule has 0 aliphatic rings. The first-order chi connectivity index (χ1) is 8.06. The monoisotopic (exact) mass is 258 g/mol. The van der Waals surface area contributed by atoms with Gasteiger partial charge in [-0.15, -0.1) is 0 Å². The van der Waals surface area contributed by atoms with Gasteiger partial charge in [-0.3, -0.25) is 4.98 Å². The highest BCUT2D eigenvalue weighted by Crippen LogP contribution is 2.17. The standard InChI is InChI=1S/C11H19ClN4O/c1-8(2)16(3)10-7-14-9(11(12)15-10)6-13-4-5-17/h7-8,13,17H,4-6H2,1-3H3. The predicted octanol–water partition coefficient (Wildman–Crippen LogP) is 1.06. The summed E-state index contributed by atoms with van der Waals surface area (Å²) in [5.41, 5.74) is 0.695. The van der Waals surface area contributed by atoms with Gasteiger partial charge in [-0.1, -0.05) is 11.6 Å². The Bertz CT molecular complexity index is 359. The van der Waals surface area contributed by atoms with Crippen LogP contribution in [0.3, 0.4) is 0 Å². The molecule has 0 amide bonds. The van der Waals surface area contributed by atoms with Crippen molar-refractivity contribution in [2.24, 2.45) is 0 Å². The van der Waals surface area contributed by atoms with Gasteiger partial charge >= 0.3 is 0 Å². The summed E-state index contributed by atoms with van der Waals surface area (Å²) in [6.07, 6.45) is 1.71. The molecule has 0 bridgehead atoms. The van der Waals surface area contributed by atoms with Crippen LogP contribution >= 0.6 is 11.6 Å². The molecule has 17 heavy (non-hydrogen) atoms. The molecule has 5 nitrogen and oxygen atoms in total. The summed E-state index contributed by atoms with van der Waals surface area (Å²) in [6.45, 7) is 5.28. The largest absolute Gasteiger partial charge is 0.395 e. The van der Waals surface area contributed by atoms with E-state index in [1.54, 1.807) is 6.20 Å². The summed E-state index contributed by atoms with van der Waals surface area (Å²) >= 11 is 6.05. The van der Waals surface area contributed by atoms with E-state index in [1.807, 2.05) is 11.9 Å². The van der Waals surface area contributed by atoms with Crippen LogP contribution in [0.25, 0.3) is 0 Å². The van der Waals surface area contributed by atoms with Crippen molar-refractivity contribution in [3.63, 3.8) is 0 Å². The zero-order valence-electron chi connectivity index (χ0n) is 10.4. The Morgan fingerprint density at radius 3 is 2.76 bits per heavy atom. The van der Waals surface area contributed by atoms with E-state index >= 15 is 0 Å². The second-order valence-corrected chi connectivity index (χ2v) is 4.43. The van der Waals surface area contributed by atoms with E-state index in [1.165, 1.54) is 0 Å². The van der Waals surface area contributed by atoms with E-state index in [0.717, 1.165) is 5.82 Å². The Kier molecular flexibility index (Phi) is 5.61. The first-order valence-electron chi connectivity index (χ1n) is 5.62. The maximum atomic E-state index is 8.65. The Morgan fingerprint density at radius 1 is 1.53 bits per heavy atom. The molecule has 0 fully saturated rings. The molecule has 0 aliphatic carbocycles. The fraction of sp³-hybridized carbons (Fsp3) is 0.636. The Morgan fingerprint density at radius 2 is 2.24 bits per heavy atom. The third kappa shape index (κ3) is 4.11. The summed E-state index contributed by atoms with van der Waals surface area (Å²) in [4.78, 5) is 10.6. The highest BCUT2D eigenvalue weighted by molar-refractivity contribution is 6.30. The number of aromatic nitrogens is 2. The van der Waals surface area contributed by atoms with Gasteiger partial charge in [-0.25, -0.2) is 4.98 Å². The SMILES string of the molecule is CC(C)N(C)c1cnc(CNCCO)c(Cl)n1. The van der Waals surface area contributed by atoms with Crippen LogP contribution in [0.5, 0.6) is 0 Å². The minimum Gasteiger partial charge on any atom is -0.395 e. The zero-order chi connectivity index (χ0) is 12.8. The third-order valence-electron chi connectivity index (χ3n) is 2.50. The molecule has 1 rings (SSSR count). The lowest BCUT2D eigenvalue weighted by Crippen LogP contribution is -2.27. The average molecular weight is 259 g/mol. The molecule has 0 radical (unpaired) electrons. The zero-order valence-corrected chi connectivity index (χ0v) is 11.2. The Balaban J connectivity index is 2.72.